The second kappa shape index (κ2) is 4.17. The molecule has 13 heavy (non-hydrogen) atoms. The summed E-state index contributed by atoms with van der Waals surface area (Å²) < 4.78 is 1.88. The van der Waals surface area contributed by atoms with Crippen LogP contribution in [0.5, 0.6) is 0 Å². The van der Waals surface area contributed by atoms with Crippen LogP contribution >= 0.6 is 11.3 Å². The molecule has 1 heterocycles. The topological polar surface area (TPSA) is 16.1 Å². The van der Waals surface area contributed by atoms with Crippen LogP contribution in [0.15, 0.2) is 5.38 Å². The van der Waals surface area contributed by atoms with Gasteiger partial charge in [0.2, 0.25) is 0 Å². The zero-order valence-electron chi connectivity index (χ0n) is 8.88. The third kappa shape index (κ3) is 3.85. The molecule has 0 unspecified atom stereocenters. The second-order valence-electron chi connectivity index (χ2n) is 4.28. The van der Waals surface area contributed by atoms with Crippen molar-refractivity contribution in [1.29, 1.82) is 0 Å². The van der Waals surface area contributed by atoms with Gasteiger partial charge in [-0.3, -0.25) is 0 Å². The number of rotatable bonds is 2. The van der Waals surface area contributed by atoms with Crippen molar-refractivity contribution < 1.29 is 0 Å². The quantitative estimate of drug-likeness (QED) is 0.774. The number of aromatic nitrogens is 1. The van der Waals surface area contributed by atoms with Crippen molar-refractivity contribution in [2.75, 3.05) is 19.0 Å². The molecule has 1 aromatic rings. The number of hydrogen-bond acceptors (Lipinski definition) is 3. The summed E-state index contributed by atoms with van der Waals surface area (Å²) in [6.45, 7) is 6.94. The van der Waals surface area contributed by atoms with Crippen LogP contribution < -0.4 is 8.61 Å². The minimum absolute atomic E-state index is 0.495. The molecule has 1 aromatic heterocycles. The van der Waals surface area contributed by atoms with Gasteiger partial charge in [-0.15, -0.1) is 0 Å². The van der Waals surface area contributed by atoms with Crippen LogP contribution in [-0.2, 0) is 0 Å². The van der Waals surface area contributed by atoms with E-state index in [9.17, 15) is 0 Å². The molecule has 72 valence electrons. The standard InChI is InChI=1S/C5H7N2S.C4H9.Sn/c1-7(2)5-6-3-4-8-5;1-4(2)3;/h4H,1-2H3;1-3H3;. The van der Waals surface area contributed by atoms with E-state index in [4.69, 9.17) is 0 Å². The minimum atomic E-state index is -0.495. The fraction of sp³-hybridized carbons (Fsp3) is 0.667. The Morgan fingerprint density at radius 2 is 2.00 bits per heavy atom. The second-order valence-corrected chi connectivity index (χ2v) is 11.6. The SMILES string of the molecule is CN(C)c1n[c]([Sn][C](C)(C)C)cs1. The van der Waals surface area contributed by atoms with E-state index < -0.39 is 21.1 Å². The fourth-order valence-electron chi connectivity index (χ4n) is 0.911. The van der Waals surface area contributed by atoms with Crippen LogP contribution in [0.25, 0.3) is 0 Å². The average molecular weight is 303 g/mol. The molecule has 0 fully saturated rings. The van der Waals surface area contributed by atoms with Gasteiger partial charge in [0.1, 0.15) is 0 Å². The Bertz CT molecular complexity index is 275. The van der Waals surface area contributed by atoms with Crippen molar-refractivity contribution in [1.82, 2.24) is 4.98 Å². The van der Waals surface area contributed by atoms with Crippen molar-refractivity contribution in [3.63, 3.8) is 0 Å². The molecule has 0 aliphatic heterocycles. The first-order valence-electron chi connectivity index (χ1n) is 4.29. The Labute approximate surface area is 94.6 Å². The van der Waals surface area contributed by atoms with E-state index >= 15 is 0 Å². The van der Waals surface area contributed by atoms with E-state index in [1.807, 2.05) is 14.1 Å². The normalized spacial score (nSPS) is 11.8. The van der Waals surface area contributed by atoms with E-state index in [-0.39, 0.29) is 0 Å². The van der Waals surface area contributed by atoms with Crippen molar-refractivity contribution >= 4 is 41.3 Å². The summed E-state index contributed by atoms with van der Waals surface area (Å²) in [6, 6.07) is 0. The van der Waals surface area contributed by atoms with Crippen molar-refractivity contribution in [3.8, 4) is 0 Å². The Kier molecular flexibility index (Phi) is 3.63. The molecule has 0 saturated carbocycles. The van der Waals surface area contributed by atoms with Crippen molar-refractivity contribution in [2.45, 2.75) is 24.2 Å². The molecule has 2 nitrogen and oxygen atoms in total. The van der Waals surface area contributed by atoms with Crippen LogP contribution in [0.2, 0.25) is 3.43 Å². The molecule has 0 saturated heterocycles. The van der Waals surface area contributed by atoms with Gasteiger partial charge in [0.15, 0.2) is 0 Å². The molecular formula is C9H16N2SSn. The number of nitrogens with zero attached hydrogens (tertiary/aromatic N) is 2. The third-order valence-corrected chi connectivity index (χ3v) is 6.59. The third-order valence-electron chi connectivity index (χ3n) is 1.38. The van der Waals surface area contributed by atoms with Gasteiger partial charge in [0.05, 0.1) is 0 Å². The summed E-state index contributed by atoms with van der Waals surface area (Å²) in [7, 11) is 4.09. The van der Waals surface area contributed by atoms with E-state index in [1.165, 1.54) is 3.71 Å². The monoisotopic (exact) mass is 304 g/mol. The molecule has 0 amide bonds. The van der Waals surface area contributed by atoms with Gasteiger partial charge in [0, 0.05) is 0 Å². The van der Waals surface area contributed by atoms with Gasteiger partial charge in [-0.05, 0) is 0 Å². The van der Waals surface area contributed by atoms with Gasteiger partial charge in [-0.2, -0.15) is 0 Å². The van der Waals surface area contributed by atoms with Crippen LogP contribution in [0, 0.1) is 0 Å². The molecule has 0 aliphatic rings. The van der Waals surface area contributed by atoms with E-state index in [0.717, 1.165) is 5.13 Å². The Hall–Kier alpha value is 0.229. The molecule has 0 atom stereocenters. The maximum atomic E-state index is 4.62. The summed E-state index contributed by atoms with van der Waals surface area (Å²) in [5.41, 5.74) is 0. The van der Waals surface area contributed by atoms with Crippen LogP contribution in [0.4, 0.5) is 5.13 Å². The molecule has 4 heteroatoms. The molecular weight excluding hydrogens is 287 g/mol. The Morgan fingerprint density at radius 1 is 1.38 bits per heavy atom. The molecule has 0 spiro atoms. The van der Waals surface area contributed by atoms with E-state index in [1.54, 1.807) is 11.3 Å². The number of hydrogen-bond donors (Lipinski definition) is 0. The molecule has 0 bridgehead atoms. The van der Waals surface area contributed by atoms with Gasteiger partial charge in [-0.25, -0.2) is 0 Å². The molecule has 0 N–H and O–H groups in total. The first-order valence-corrected chi connectivity index (χ1v) is 8.03. The van der Waals surface area contributed by atoms with Crippen LogP contribution in [0.3, 0.4) is 0 Å². The summed E-state index contributed by atoms with van der Waals surface area (Å²) in [5.74, 6) is 0. The molecule has 0 aliphatic carbocycles. The van der Waals surface area contributed by atoms with Crippen LogP contribution in [-0.4, -0.2) is 40.2 Å². The summed E-state index contributed by atoms with van der Waals surface area (Å²) >= 11 is 1.26. The zero-order valence-corrected chi connectivity index (χ0v) is 12.6. The van der Waals surface area contributed by atoms with Gasteiger partial charge >= 0.3 is 94.9 Å². The van der Waals surface area contributed by atoms with Crippen molar-refractivity contribution in [2.24, 2.45) is 0 Å². The first-order chi connectivity index (χ1) is 5.88. The van der Waals surface area contributed by atoms with Crippen LogP contribution in [0.1, 0.15) is 20.8 Å². The summed E-state index contributed by atoms with van der Waals surface area (Å²) in [4.78, 5) is 6.69. The Balaban J connectivity index is 2.70. The number of thiazole rings is 1. The average Bonchev–Trinajstić information content (AvgIpc) is 2.31. The zero-order chi connectivity index (χ0) is 10.1. The fourth-order valence-corrected chi connectivity index (χ4v) is 5.50. The van der Waals surface area contributed by atoms with E-state index in [2.05, 4.69) is 36.0 Å². The van der Waals surface area contributed by atoms with Gasteiger partial charge < -0.3 is 0 Å². The summed E-state index contributed by atoms with van der Waals surface area (Å²) in [6.07, 6.45) is 0. The molecule has 2 radical (unpaired) electrons. The number of anilines is 1. The molecule has 1 rings (SSSR count). The first kappa shape index (κ1) is 11.3. The Morgan fingerprint density at radius 3 is 2.38 bits per heavy atom. The van der Waals surface area contributed by atoms with Gasteiger partial charge in [0.25, 0.3) is 0 Å². The van der Waals surface area contributed by atoms with Gasteiger partial charge in [-0.1, -0.05) is 0 Å². The van der Waals surface area contributed by atoms with Crippen molar-refractivity contribution in [3.05, 3.63) is 5.38 Å². The molecule has 0 aromatic carbocycles. The predicted molar refractivity (Wildman–Crippen MR) is 61.5 cm³/mol. The maximum absolute atomic E-state index is 4.62. The predicted octanol–water partition coefficient (Wildman–Crippen LogP) is 1.76. The van der Waals surface area contributed by atoms with E-state index in [0.29, 0.717) is 3.43 Å². The summed E-state index contributed by atoms with van der Waals surface area (Å²) in [5, 5.41) is 3.37.